The number of nitrogens with one attached hydrogen (secondary N) is 1. The molecule has 0 aromatic carbocycles. The van der Waals surface area contributed by atoms with Gasteiger partial charge in [0.15, 0.2) is 5.82 Å². The van der Waals surface area contributed by atoms with Gasteiger partial charge < -0.3 is 10.4 Å². The van der Waals surface area contributed by atoms with Crippen LogP contribution in [0.25, 0.3) is 11.0 Å². The zero-order chi connectivity index (χ0) is 15.5. The van der Waals surface area contributed by atoms with Gasteiger partial charge in [-0.05, 0) is 44.0 Å². The van der Waals surface area contributed by atoms with E-state index in [9.17, 15) is 5.11 Å². The number of unbranched alkanes of at least 4 members (excludes halogenated alkanes) is 1. The molecule has 2 aromatic heterocycles. The van der Waals surface area contributed by atoms with Crippen molar-refractivity contribution < 1.29 is 5.11 Å². The standard InChI is InChI=1S/C15H21ClN4O/c1-4-5-8-15(3,10(2)21)20-13-12-11(7-6-9-17-12)18-14(16)19-13/h6-7,9-10,21H,4-5,8H2,1-3H3,(H,18,19,20)/t10?,15-/m0/s1. The van der Waals surface area contributed by atoms with Crippen LogP contribution >= 0.6 is 11.6 Å². The number of pyridine rings is 1. The number of hydrogen-bond acceptors (Lipinski definition) is 5. The Morgan fingerprint density at radius 2 is 2.19 bits per heavy atom. The highest BCUT2D eigenvalue weighted by Crippen LogP contribution is 2.27. The predicted octanol–water partition coefficient (Wildman–Crippen LogP) is 3.42. The van der Waals surface area contributed by atoms with Crippen molar-refractivity contribution in [2.45, 2.75) is 51.7 Å². The number of aromatic nitrogens is 3. The molecule has 0 spiro atoms. The molecule has 6 heteroatoms. The van der Waals surface area contributed by atoms with Gasteiger partial charge in [-0.2, -0.15) is 4.98 Å². The van der Waals surface area contributed by atoms with E-state index in [2.05, 4.69) is 27.2 Å². The Kier molecular flexibility index (Phi) is 4.96. The van der Waals surface area contributed by atoms with Crippen molar-refractivity contribution in [3.05, 3.63) is 23.6 Å². The van der Waals surface area contributed by atoms with E-state index >= 15 is 0 Å². The molecule has 0 saturated carbocycles. The van der Waals surface area contributed by atoms with Crippen LogP contribution in [0, 0.1) is 0 Å². The quantitative estimate of drug-likeness (QED) is 0.800. The van der Waals surface area contributed by atoms with Crippen LogP contribution in [0.5, 0.6) is 0 Å². The molecule has 0 fully saturated rings. The Labute approximate surface area is 129 Å². The van der Waals surface area contributed by atoms with Gasteiger partial charge in [-0.25, -0.2) is 4.98 Å². The number of aliphatic hydroxyl groups is 1. The molecule has 2 N–H and O–H groups in total. The summed E-state index contributed by atoms with van der Waals surface area (Å²) in [4.78, 5) is 12.7. The van der Waals surface area contributed by atoms with Gasteiger partial charge in [0.05, 0.1) is 17.2 Å². The molecule has 0 radical (unpaired) electrons. The normalized spacial score (nSPS) is 15.7. The van der Waals surface area contributed by atoms with E-state index < -0.39 is 11.6 Å². The van der Waals surface area contributed by atoms with Crippen LogP contribution in [0.2, 0.25) is 5.28 Å². The molecule has 0 aliphatic rings. The van der Waals surface area contributed by atoms with E-state index in [4.69, 9.17) is 11.6 Å². The highest BCUT2D eigenvalue weighted by atomic mass is 35.5. The SMILES string of the molecule is CCCC[C@](C)(Nc1nc(Cl)nc2cccnc12)C(C)O. The monoisotopic (exact) mass is 308 g/mol. The molecule has 1 unspecified atom stereocenters. The Hall–Kier alpha value is -1.46. The van der Waals surface area contributed by atoms with Gasteiger partial charge in [0.2, 0.25) is 5.28 Å². The molecule has 2 heterocycles. The average molecular weight is 309 g/mol. The number of anilines is 1. The van der Waals surface area contributed by atoms with Crippen LogP contribution in [0.3, 0.4) is 0 Å². The average Bonchev–Trinajstić information content (AvgIpc) is 2.44. The zero-order valence-corrected chi connectivity index (χ0v) is 13.4. The number of halogens is 1. The van der Waals surface area contributed by atoms with Crippen molar-refractivity contribution in [3.8, 4) is 0 Å². The van der Waals surface area contributed by atoms with E-state index in [0.717, 1.165) is 19.3 Å². The van der Waals surface area contributed by atoms with E-state index in [1.165, 1.54) is 0 Å². The molecule has 2 rings (SSSR count). The second kappa shape index (κ2) is 6.54. The Balaban J connectivity index is 2.41. The van der Waals surface area contributed by atoms with E-state index in [1.807, 2.05) is 13.0 Å². The summed E-state index contributed by atoms with van der Waals surface area (Å²) in [5.41, 5.74) is 0.853. The summed E-state index contributed by atoms with van der Waals surface area (Å²) >= 11 is 5.98. The molecule has 0 aliphatic carbocycles. The molecular weight excluding hydrogens is 288 g/mol. The lowest BCUT2D eigenvalue weighted by atomic mass is 9.89. The van der Waals surface area contributed by atoms with Gasteiger partial charge in [-0.1, -0.05) is 19.8 Å². The van der Waals surface area contributed by atoms with E-state index in [-0.39, 0.29) is 5.28 Å². The number of rotatable bonds is 6. The van der Waals surface area contributed by atoms with E-state index in [1.54, 1.807) is 19.2 Å². The highest BCUT2D eigenvalue weighted by molar-refractivity contribution is 6.28. The minimum absolute atomic E-state index is 0.168. The third-order valence-corrected chi connectivity index (χ3v) is 3.97. The third-order valence-electron chi connectivity index (χ3n) is 3.80. The smallest absolute Gasteiger partial charge is 0.225 e. The second-order valence-corrected chi connectivity index (χ2v) is 5.87. The first-order chi connectivity index (χ1) is 9.96. The van der Waals surface area contributed by atoms with Crippen molar-refractivity contribution in [2.75, 3.05) is 5.32 Å². The number of nitrogens with zero attached hydrogens (tertiary/aromatic N) is 3. The number of hydrogen-bond donors (Lipinski definition) is 2. The van der Waals surface area contributed by atoms with Crippen molar-refractivity contribution in [1.29, 1.82) is 0 Å². The highest BCUT2D eigenvalue weighted by Gasteiger charge is 2.30. The molecule has 0 aliphatic heterocycles. The lowest BCUT2D eigenvalue weighted by molar-refractivity contribution is 0.116. The van der Waals surface area contributed by atoms with Crippen LogP contribution in [0.1, 0.15) is 40.0 Å². The summed E-state index contributed by atoms with van der Waals surface area (Å²) in [6.07, 6.45) is 4.07. The van der Waals surface area contributed by atoms with Crippen LogP contribution in [0.4, 0.5) is 5.82 Å². The van der Waals surface area contributed by atoms with Gasteiger partial charge >= 0.3 is 0 Å². The Morgan fingerprint density at radius 3 is 2.86 bits per heavy atom. The van der Waals surface area contributed by atoms with Crippen LogP contribution in [0.15, 0.2) is 18.3 Å². The fourth-order valence-corrected chi connectivity index (χ4v) is 2.39. The minimum Gasteiger partial charge on any atom is -0.391 e. The first kappa shape index (κ1) is 15.9. The molecule has 0 amide bonds. The van der Waals surface area contributed by atoms with Crippen LogP contribution in [-0.2, 0) is 0 Å². The van der Waals surface area contributed by atoms with Crippen LogP contribution < -0.4 is 5.32 Å². The molecular formula is C15H21ClN4O. The minimum atomic E-state index is -0.531. The van der Waals surface area contributed by atoms with E-state index in [0.29, 0.717) is 16.9 Å². The maximum Gasteiger partial charge on any atom is 0.225 e. The summed E-state index contributed by atoms with van der Waals surface area (Å²) in [5, 5.41) is 13.6. The van der Waals surface area contributed by atoms with Gasteiger partial charge in [-0.15, -0.1) is 0 Å². The predicted molar refractivity (Wildman–Crippen MR) is 85.6 cm³/mol. The molecule has 2 atom stereocenters. The lowest BCUT2D eigenvalue weighted by Gasteiger charge is -2.34. The topological polar surface area (TPSA) is 70.9 Å². The molecule has 0 bridgehead atoms. The summed E-state index contributed by atoms with van der Waals surface area (Å²) in [6.45, 7) is 5.89. The largest absolute Gasteiger partial charge is 0.391 e. The van der Waals surface area contributed by atoms with Gasteiger partial charge in [0.25, 0.3) is 0 Å². The molecule has 21 heavy (non-hydrogen) atoms. The van der Waals surface area contributed by atoms with Gasteiger partial charge in [0, 0.05) is 6.20 Å². The number of fused-ring (bicyclic) bond motifs is 1. The zero-order valence-electron chi connectivity index (χ0n) is 12.6. The maximum atomic E-state index is 10.1. The van der Waals surface area contributed by atoms with Crippen LogP contribution in [-0.4, -0.2) is 31.7 Å². The fourth-order valence-electron chi connectivity index (χ4n) is 2.22. The third kappa shape index (κ3) is 3.60. The summed E-state index contributed by atoms with van der Waals surface area (Å²) in [6, 6.07) is 3.65. The van der Waals surface area contributed by atoms with Crippen molar-refractivity contribution >= 4 is 28.5 Å². The van der Waals surface area contributed by atoms with Crippen molar-refractivity contribution in [3.63, 3.8) is 0 Å². The summed E-state index contributed by atoms with van der Waals surface area (Å²) in [5.74, 6) is 0.560. The summed E-state index contributed by atoms with van der Waals surface area (Å²) < 4.78 is 0. The van der Waals surface area contributed by atoms with Gasteiger partial charge in [0.1, 0.15) is 5.52 Å². The Bertz CT molecular complexity index is 620. The Morgan fingerprint density at radius 1 is 1.43 bits per heavy atom. The molecule has 114 valence electrons. The second-order valence-electron chi connectivity index (χ2n) is 5.53. The van der Waals surface area contributed by atoms with Crippen molar-refractivity contribution in [2.24, 2.45) is 0 Å². The lowest BCUT2D eigenvalue weighted by Crippen LogP contribution is -2.45. The first-order valence-corrected chi connectivity index (χ1v) is 7.58. The fraction of sp³-hybridized carbons (Fsp3) is 0.533. The molecule has 2 aromatic rings. The molecule has 0 saturated heterocycles. The first-order valence-electron chi connectivity index (χ1n) is 7.21. The number of aliphatic hydroxyl groups excluding tert-OH is 1. The maximum absolute atomic E-state index is 10.1. The summed E-state index contributed by atoms with van der Waals surface area (Å²) in [7, 11) is 0. The van der Waals surface area contributed by atoms with Gasteiger partial charge in [-0.3, -0.25) is 4.98 Å². The van der Waals surface area contributed by atoms with Crippen molar-refractivity contribution in [1.82, 2.24) is 15.0 Å². The molecule has 5 nitrogen and oxygen atoms in total.